The number of hydrogen-bond acceptors (Lipinski definition) is 5. The summed E-state index contributed by atoms with van der Waals surface area (Å²) in [5.41, 5.74) is -1.57. The van der Waals surface area contributed by atoms with Crippen LogP contribution in [0.25, 0.3) is 0 Å². The van der Waals surface area contributed by atoms with Crippen LogP contribution in [0.3, 0.4) is 0 Å². The lowest BCUT2D eigenvalue weighted by Gasteiger charge is -2.25. The Balaban J connectivity index is 2.03. The zero-order valence-corrected chi connectivity index (χ0v) is 17.6. The lowest BCUT2D eigenvalue weighted by atomic mass is 10.1. The maximum absolute atomic E-state index is 13.1. The number of sulfonamides is 1. The third-order valence-corrected chi connectivity index (χ3v) is 6.23. The van der Waals surface area contributed by atoms with E-state index in [2.05, 4.69) is 0 Å². The molecule has 0 bridgehead atoms. The predicted octanol–water partition coefficient (Wildman–Crippen LogP) is 4.21. The molecule has 0 aliphatic carbocycles. The fourth-order valence-corrected chi connectivity index (χ4v) is 4.54. The molecule has 0 saturated carbocycles. The minimum atomic E-state index is -4.79. The largest absolute Gasteiger partial charge is 0.495 e. The Morgan fingerprint density at radius 3 is 2.29 bits per heavy atom. The van der Waals surface area contributed by atoms with E-state index in [9.17, 15) is 31.2 Å². The summed E-state index contributed by atoms with van der Waals surface area (Å²) in [6, 6.07) is 6.21. The molecule has 3 rings (SSSR count). The number of piperidine rings is 1. The Kier molecular flexibility index (Phi) is 6.19. The third-order valence-electron chi connectivity index (χ3n) is 4.50. The topological polar surface area (TPSA) is 92.8 Å². The molecule has 1 aliphatic rings. The molecule has 2 amide bonds. The van der Waals surface area contributed by atoms with Crippen molar-refractivity contribution in [3.8, 4) is 5.75 Å². The van der Waals surface area contributed by atoms with Gasteiger partial charge < -0.3 is 4.74 Å². The maximum Gasteiger partial charge on any atom is 0.417 e. The highest BCUT2D eigenvalue weighted by atomic mass is 35.5. The molecule has 166 valence electrons. The number of amides is 2. The van der Waals surface area contributed by atoms with Crippen LogP contribution in [0.5, 0.6) is 5.75 Å². The number of methoxy groups -OCH3 is 1. The molecule has 0 atom stereocenters. The SMILES string of the molecule is COc1ccc(N2C(=O)CCCC2=O)cc1S(=O)(=O)Nc1ccc(Cl)c(C(F)(F)F)c1. The van der Waals surface area contributed by atoms with Gasteiger partial charge in [0.05, 0.1) is 23.4 Å². The van der Waals surface area contributed by atoms with E-state index in [1.165, 1.54) is 19.2 Å². The van der Waals surface area contributed by atoms with Crippen LogP contribution in [-0.2, 0) is 25.8 Å². The van der Waals surface area contributed by atoms with Gasteiger partial charge in [-0.1, -0.05) is 11.6 Å². The van der Waals surface area contributed by atoms with Crippen molar-refractivity contribution in [2.45, 2.75) is 30.3 Å². The molecule has 1 fully saturated rings. The molecule has 0 radical (unpaired) electrons. The van der Waals surface area contributed by atoms with Crippen molar-refractivity contribution in [2.24, 2.45) is 0 Å². The van der Waals surface area contributed by atoms with E-state index in [-0.39, 0.29) is 30.0 Å². The van der Waals surface area contributed by atoms with E-state index in [0.29, 0.717) is 12.5 Å². The first kappa shape index (κ1) is 22.9. The molecule has 1 N–H and O–H groups in total. The summed E-state index contributed by atoms with van der Waals surface area (Å²) in [5, 5.41) is -0.586. The second-order valence-corrected chi connectivity index (χ2v) is 8.67. The number of carbonyl (C=O) groups is 2. The fraction of sp³-hybridized carbons (Fsp3) is 0.263. The van der Waals surface area contributed by atoms with Crippen LogP contribution < -0.4 is 14.4 Å². The van der Waals surface area contributed by atoms with Crippen LogP contribution in [0, 0.1) is 0 Å². The summed E-state index contributed by atoms with van der Waals surface area (Å²) in [7, 11) is -3.26. The van der Waals surface area contributed by atoms with Crippen molar-refractivity contribution in [1.29, 1.82) is 0 Å². The monoisotopic (exact) mass is 476 g/mol. The first-order valence-electron chi connectivity index (χ1n) is 8.87. The first-order chi connectivity index (χ1) is 14.4. The molecule has 1 saturated heterocycles. The number of nitrogens with zero attached hydrogens (tertiary/aromatic N) is 1. The molecule has 2 aromatic carbocycles. The van der Waals surface area contributed by atoms with Gasteiger partial charge in [-0.25, -0.2) is 8.42 Å². The highest BCUT2D eigenvalue weighted by Gasteiger charge is 2.34. The number of halogens is 4. The molecule has 0 spiro atoms. The number of alkyl halides is 3. The van der Waals surface area contributed by atoms with Gasteiger partial charge in [0.25, 0.3) is 10.0 Å². The third kappa shape index (κ3) is 4.77. The normalized spacial score (nSPS) is 15.2. The Bertz CT molecular complexity index is 1140. The van der Waals surface area contributed by atoms with Gasteiger partial charge in [-0.15, -0.1) is 0 Å². The predicted molar refractivity (Wildman–Crippen MR) is 107 cm³/mol. The smallest absolute Gasteiger partial charge is 0.417 e. The highest BCUT2D eigenvalue weighted by molar-refractivity contribution is 7.92. The summed E-state index contributed by atoms with van der Waals surface area (Å²) < 4.78 is 72.2. The van der Waals surface area contributed by atoms with E-state index in [1.807, 2.05) is 4.72 Å². The number of rotatable bonds is 5. The van der Waals surface area contributed by atoms with Crippen molar-refractivity contribution in [3.05, 3.63) is 47.0 Å². The van der Waals surface area contributed by atoms with E-state index in [4.69, 9.17) is 16.3 Å². The van der Waals surface area contributed by atoms with Gasteiger partial charge in [0.15, 0.2) is 0 Å². The molecule has 0 aromatic heterocycles. The molecule has 7 nitrogen and oxygen atoms in total. The lowest BCUT2D eigenvalue weighted by Crippen LogP contribution is -2.40. The quantitative estimate of drug-likeness (QED) is 0.652. The van der Waals surface area contributed by atoms with E-state index in [0.717, 1.165) is 23.1 Å². The van der Waals surface area contributed by atoms with Crippen molar-refractivity contribution >= 4 is 44.8 Å². The van der Waals surface area contributed by atoms with Gasteiger partial charge in [-0.05, 0) is 42.8 Å². The van der Waals surface area contributed by atoms with Crippen LogP contribution >= 0.6 is 11.6 Å². The number of ether oxygens (including phenoxy) is 1. The van der Waals surface area contributed by atoms with Gasteiger partial charge in [-0.2, -0.15) is 13.2 Å². The second kappa shape index (κ2) is 8.39. The molecular weight excluding hydrogens is 461 g/mol. The molecule has 12 heteroatoms. The van der Waals surface area contributed by atoms with Crippen LogP contribution in [0.4, 0.5) is 24.5 Å². The van der Waals surface area contributed by atoms with Crippen LogP contribution in [0.1, 0.15) is 24.8 Å². The standard InChI is InChI=1S/C19H16ClF3N2O5S/c1-30-15-8-6-12(25-17(26)3-2-4-18(25)27)10-16(15)31(28,29)24-11-5-7-14(20)13(9-11)19(21,22)23/h5-10,24H,2-4H2,1H3. The summed E-state index contributed by atoms with van der Waals surface area (Å²) in [5.74, 6) is -1.09. The van der Waals surface area contributed by atoms with Crippen molar-refractivity contribution in [1.82, 2.24) is 0 Å². The Hall–Kier alpha value is -2.79. The summed E-state index contributed by atoms with van der Waals surface area (Å²) in [6.45, 7) is 0. The Morgan fingerprint density at radius 1 is 1.06 bits per heavy atom. The number of benzene rings is 2. The van der Waals surface area contributed by atoms with Gasteiger partial charge >= 0.3 is 6.18 Å². The average molecular weight is 477 g/mol. The molecule has 31 heavy (non-hydrogen) atoms. The van der Waals surface area contributed by atoms with E-state index >= 15 is 0 Å². The maximum atomic E-state index is 13.1. The number of anilines is 2. The van der Waals surface area contributed by atoms with Gasteiger partial charge in [-0.3, -0.25) is 19.2 Å². The van der Waals surface area contributed by atoms with E-state index in [1.54, 1.807) is 0 Å². The van der Waals surface area contributed by atoms with Gasteiger partial charge in [0, 0.05) is 18.5 Å². The Labute approximate surface area is 180 Å². The first-order valence-corrected chi connectivity index (χ1v) is 10.7. The fourth-order valence-electron chi connectivity index (χ4n) is 3.07. The second-order valence-electron chi connectivity index (χ2n) is 6.61. The minimum absolute atomic E-state index is 0.0166. The zero-order valence-electron chi connectivity index (χ0n) is 16.0. The average Bonchev–Trinajstić information content (AvgIpc) is 2.68. The summed E-state index contributed by atoms with van der Waals surface area (Å²) in [4.78, 5) is 24.8. The molecule has 1 aliphatic heterocycles. The van der Waals surface area contributed by atoms with Crippen molar-refractivity contribution in [2.75, 3.05) is 16.7 Å². The van der Waals surface area contributed by atoms with Crippen molar-refractivity contribution in [3.63, 3.8) is 0 Å². The Morgan fingerprint density at radius 2 is 1.71 bits per heavy atom. The molecular formula is C19H16ClF3N2O5S. The van der Waals surface area contributed by atoms with Crippen LogP contribution in [0.2, 0.25) is 5.02 Å². The zero-order chi connectivity index (χ0) is 23.0. The van der Waals surface area contributed by atoms with Crippen molar-refractivity contribution < 1.29 is 35.9 Å². The molecule has 2 aromatic rings. The number of imide groups is 1. The van der Waals surface area contributed by atoms with Gasteiger partial charge in [0.1, 0.15) is 10.6 Å². The number of hydrogen-bond donors (Lipinski definition) is 1. The molecule has 1 heterocycles. The summed E-state index contributed by atoms with van der Waals surface area (Å²) >= 11 is 5.56. The van der Waals surface area contributed by atoms with Gasteiger partial charge in [0.2, 0.25) is 11.8 Å². The number of carbonyl (C=O) groups excluding carboxylic acids is 2. The summed E-state index contributed by atoms with van der Waals surface area (Å²) in [6.07, 6.45) is -4.13. The lowest BCUT2D eigenvalue weighted by molar-refractivity contribution is -0.137. The number of nitrogens with one attached hydrogen (secondary N) is 1. The minimum Gasteiger partial charge on any atom is -0.495 e. The van der Waals surface area contributed by atoms with E-state index < -0.39 is 43.5 Å². The molecule has 0 unspecified atom stereocenters. The van der Waals surface area contributed by atoms with Crippen LogP contribution in [-0.4, -0.2) is 27.3 Å². The van der Waals surface area contributed by atoms with Crippen LogP contribution in [0.15, 0.2) is 41.3 Å². The highest BCUT2D eigenvalue weighted by Crippen LogP contribution is 2.37.